The van der Waals surface area contributed by atoms with Gasteiger partial charge in [0.25, 0.3) is 0 Å². The van der Waals surface area contributed by atoms with Crippen molar-refractivity contribution in [3.05, 3.63) is 63.7 Å². The van der Waals surface area contributed by atoms with Crippen molar-refractivity contribution < 1.29 is 9.34 Å². The Bertz CT molecular complexity index is 818. The first-order valence-corrected chi connectivity index (χ1v) is 6.31. The summed E-state index contributed by atoms with van der Waals surface area (Å²) in [5.74, 6) is -0.200. The lowest BCUT2D eigenvalue weighted by atomic mass is 9.99. The molecule has 0 saturated heterocycles. The highest BCUT2D eigenvalue weighted by atomic mass is 16.6. The van der Waals surface area contributed by atoms with Gasteiger partial charge in [-0.25, -0.2) is 0 Å². The van der Waals surface area contributed by atoms with Gasteiger partial charge in [-0.2, -0.15) is 0 Å². The molecule has 0 amide bonds. The van der Waals surface area contributed by atoms with E-state index in [1.165, 1.54) is 0 Å². The largest absolute Gasteiger partial charge is 0.442 e. The Balaban J connectivity index is 2.35. The van der Waals surface area contributed by atoms with Gasteiger partial charge in [-0.3, -0.25) is 10.1 Å². The molecular formula is C16H13NO3. The number of hydrogen-bond acceptors (Lipinski definition) is 3. The molecule has 0 N–H and O–H groups in total. The van der Waals surface area contributed by atoms with Crippen LogP contribution in [-0.2, 0) is 0 Å². The number of aryl methyl sites for hydroxylation is 2. The lowest BCUT2D eigenvalue weighted by Gasteiger charge is -2.03. The summed E-state index contributed by atoms with van der Waals surface area (Å²) < 4.78 is 5.39. The van der Waals surface area contributed by atoms with E-state index in [2.05, 4.69) is 0 Å². The summed E-state index contributed by atoms with van der Waals surface area (Å²) in [5.41, 5.74) is 4.15. The third kappa shape index (κ3) is 1.86. The Morgan fingerprint density at radius 1 is 1.05 bits per heavy atom. The summed E-state index contributed by atoms with van der Waals surface area (Å²) in [6, 6.07) is 13.1. The van der Waals surface area contributed by atoms with Gasteiger partial charge in [0.1, 0.15) is 16.1 Å². The van der Waals surface area contributed by atoms with E-state index in [-0.39, 0.29) is 5.88 Å². The van der Waals surface area contributed by atoms with E-state index >= 15 is 0 Å². The van der Waals surface area contributed by atoms with Crippen molar-refractivity contribution in [2.75, 3.05) is 0 Å². The number of fused-ring (bicyclic) bond motifs is 1. The average Bonchev–Trinajstić information content (AvgIpc) is 2.81. The van der Waals surface area contributed by atoms with Gasteiger partial charge in [0.2, 0.25) is 0 Å². The maximum absolute atomic E-state index is 11.2. The minimum absolute atomic E-state index is 0.200. The smallest absolute Gasteiger partial charge is 0.400 e. The Labute approximate surface area is 115 Å². The highest BCUT2D eigenvalue weighted by Gasteiger charge is 2.25. The quantitative estimate of drug-likeness (QED) is 0.502. The molecule has 4 heteroatoms. The molecule has 1 aromatic heterocycles. The fourth-order valence-electron chi connectivity index (χ4n) is 2.34. The van der Waals surface area contributed by atoms with Crippen molar-refractivity contribution >= 4 is 16.9 Å². The van der Waals surface area contributed by atoms with E-state index in [0.717, 1.165) is 22.1 Å². The highest BCUT2D eigenvalue weighted by Crippen LogP contribution is 2.39. The van der Waals surface area contributed by atoms with E-state index in [1.54, 1.807) is 12.1 Å². The van der Waals surface area contributed by atoms with Gasteiger partial charge >= 0.3 is 5.88 Å². The van der Waals surface area contributed by atoms with E-state index < -0.39 is 4.92 Å². The van der Waals surface area contributed by atoms with Crippen LogP contribution in [0.15, 0.2) is 46.9 Å². The molecule has 20 heavy (non-hydrogen) atoms. The Morgan fingerprint density at radius 2 is 1.80 bits per heavy atom. The Hall–Kier alpha value is -2.62. The predicted molar refractivity (Wildman–Crippen MR) is 77.8 cm³/mol. The van der Waals surface area contributed by atoms with E-state index in [1.807, 2.05) is 44.2 Å². The number of benzene rings is 2. The number of hydrogen-bond donors (Lipinski definition) is 0. The molecule has 0 atom stereocenters. The van der Waals surface area contributed by atoms with Crippen molar-refractivity contribution in [3.8, 4) is 11.1 Å². The van der Waals surface area contributed by atoms with Gasteiger partial charge in [0.15, 0.2) is 0 Å². The van der Waals surface area contributed by atoms with Crippen LogP contribution >= 0.6 is 0 Å². The van der Waals surface area contributed by atoms with Crippen LogP contribution in [0.1, 0.15) is 11.1 Å². The standard InChI is InChI=1S/C16H13NO3/c1-10-7-8-12(9-11(10)2)15-13-5-3-4-6-14(13)20-16(15)17(18)19/h3-9H,1-2H3. The highest BCUT2D eigenvalue weighted by molar-refractivity contribution is 5.98. The minimum atomic E-state index is -0.468. The lowest BCUT2D eigenvalue weighted by Crippen LogP contribution is -1.89. The van der Waals surface area contributed by atoms with Crippen LogP contribution < -0.4 is 0 Å². The van der Waals surface area contributed by atoms with E-state index in [4.69, 9.17) is 4.42 Å². The fourth-order valence-corrected chi connectivity index (χ4v) is 2.34. The molecule has 0 aliphatic carbocycles. The molecule has 0 fully saturated rings. The molecule has 1 heterocycles. The molecule has 4 nitrogen and oxygen atoms in total. The molecule has 3 rings (SSSR count). The average molecular weight is 267 g/mol. The molecule has 0 spiro atoms. The molecule has 0 radical (unpaired) electrons. The van der Waals surface area contributed by atoms with Gasteiger partial charge in [-0.15, -0.1) is 0 Å². The monoisotopic (exact) mass is 267 g/mol. The number of nitrogens with zero attached hydrogens (tertiary/aromatic N) is 1. The summed E-state index contributed by atoms with van der Waals surface area (Å²) >= 11 is 0. The molecule has 0 bridgehead atoms. The Kier molecular flexibility index (Phi) is 2.79. The minimum Gasteiger partial charge on any atom is -0.400 e. The van der Waals surface area contributed by atoms with Crippen molar-refractivity contribution in [1.29, 1.82) is 0 Å². The van der Waals surface area contributed by atoms with Crippen molar-refractivity contribution in [1.82, 2.24) is 0 Å². The predicted octanol–water partition coefficient (Wildman–Crippen LogP) is 4.62. The molecule has 2 aromatic carbocycles. The first kappa shape index (κ1) is 12.4. The maximum Gasteiger partial charge on any atom is 0.442 e. The summed E-state index contributed by atoms with van der Waals surface area (Å²) in [7, 11) is 0. The van der Waals surface area contributed by atoms with Crippen LogP contribution in [0.4, 0.5) is 5.88 Å². The van der Waals surface area contributed by atoms with Crippen LogP contribution in [0.25, 0.3) is 22.1 Å². The van der Waals surface area contributed by atoms with Crippen molar-refractivity contribution in [2.24, 2.45) is 0 Å². The lowest BCUT2D eigenvalue weighted by molar-refractivity contribution is -0.400. The Morgan fingerprint density at radius 3 is 2.50 bits per heavy atom. The topological polar surface area (TPSA) is 56.3 Å². The number of para-hydroxylation sites is 1. The zero-order valence-electron chi connectivity index (χ0n) is 11.2. The second-order valence-corrected chi connectivity index (χ2v) is 4.83. The van der Waals surface area contributed by atoms with Gasteiger partial charge in [-0.1, -0.05) is 36.4 Å². The summed E-state index contributed by atoms with van der Waals surface area (Å²) in [4.78, 5) is 10.8. The normalized spacial score (nSPS) is 10.9. The van der Waals surface area contributed by atoms with Crippen LogP contribution in [0.5, 0.6) is 0 Å². The first-order chi connectivity index (χ1) is 9.58. The van der Waals surface area contributed by atoms with Crippen molar-refractivity contribution in [2.45, 2.75) is 13.8 Å². The third-order valence-corrected chi connectivity index (χ3v) is 3.54. The van der Waals surface area contributed by atoms with Crippen molar-refractivity contribution in [3.63, 3.8) is 0 Å². The number of nitro groups is 1. The van der Waals surface area contributed by atoms with Crippen LogP contribution in [0.3, 0.4) is 0 Å². The van der Waals surface area contributed by atoms with Crippen LogP contribution in [0.2, 0.25) is 0 Å². The van der Waals surface area contributed by atoms with Gasteiger partial charge < -0.3 is 4.42 Å². The molecule has 100 valence electrons. The second kappa shape index (κ2) is 4.49. The summed E-state index contributed by atoms with van der Waals surface area (Å²) in [6.07, 6.45) is 0. The molecule has 3 aromatic rings. The summed E-state index contributed by atoms with van der Waals surface area (Å²) in [5, 5.41) is 12.0. The zero-order valence-corrected chi connectivity index (χ0v) is 11.2. The van der Waals surface area contributed by atoms with Crippen LogP contribution in [0, 0.1) is 24.0 Å². The molecule has 0 saturated carbocycles. The summed E-state index contributed by atoms with van der Waals surface area (Å²) in [6.45, 7) is 4.01. The fraction of sp³-hybridized carbons (Fsp3) is 0.125. The molecular weight excluding hydrogens is 254 g/mol. The van der Waals surface area contributed by atoms with Gasteiger partial charge in [0.05, 0.1) is 0 Å². The second-order valence-electron chi connectivity index (χ2n) is 4.83. The molecule has 0 unspecified atom stereocenters. The third-order valence-electron chi connectivity index (χ3n) is 3.54. The zero-order chi connectivity index (χ0) is 14.3. The van der Waals surface area contributed by atoms with E-state index in [0.29, 0.717) is 11.1 Å². The number of rotatable bonds is 2. The van der Waals surface area contributed by atoms with Gasteiger partial charge in [-0.05, 0) is 36.6 Å². The van der Waals surface area contributed by atoms with Crippen LogP contribution in [-0.4, -0.2) is 4.92 Å². The number of furan rings is 1. The molecule has 0 aliphatic heterocycles. The first-order valence-electron chi connectivity index (χ1n) is 6.31. The maximum atomic E-state index is 11.2. The van der Waals surface area contributed by atoms with Gasteiger partial charge in [0, 0.05) is 5.39 Å². The molecule has 0 aliphatic rings. The van der Waals surface area contributed by atoms with E-state index in [9.17, 15) is 10.1 Å². The SMILES string of the molecule is Cc1ccc(-c2c([N+](=O)[O-])oc3ccccc23)cc1C.